The Balaban J connectivity index is 1.74. The van der Waals surface area contributed by atoms with E-state index in [-0.39, 0.29) is 30.2 Å². The number of amides is 1. The fourth-order valence-corrected chi connectivity index (χ4v) is 4.52. The van der Waals surface area contributed by atoms with E-state index in [9.17, 15) is 9.59 Å². The van der Waals surface area contributed by atoms with E-state index in [0.717, 1.165) is 31.5 Å². The number of nitrogens with zero attached hydrogens (tertiary/aromatic N) is 2. The lowest BCUT2D eigenvalue weighted by molar-refractivity contribution is -0.133. The van der Waals surface area contributed by atoms with Crippen molar-refractivity contribution < 1.29 is 9.59 Å². The maximum atomic E-state index is 12.9. The number of carbonyl (C=O) groups is 2. The van der Waals surface area contributed by atoms with Crippen LogP contribution in [0.2, 0.25) is 10.0 Å². The van der Waals surface area contributed by atoms with Crippen LogP contribution in [0.25, 0.3) is 0 Å². The summed E-state index contributed by atoms with van der Waals surface area (Å²) in [6.07, 6.45) is 5.69. The Morgan fingerprint density at radius 1 is 1.19 bits per heavy atom. The first-order valence-electron chi connectivity index (χ1n) is 9.41. The third kappa shape index (κ3) is 4.59. The Morgan fingerprint density at radius 3 is 2.62 bits per heavy atom. The molecule has 2 unspecified atom stereocenters. The number of rotatable bonds is 4. The van der Waals surface area contributed by atoms with Crippen LogP contribution in [0.4, 0.5) is 0 Å². The number of hydrogen-bond acceptors (Lipinski definition) is 3. The Bertz CT molecular complexity index is 674. The normalized spacial score (nSPS) is 24.5. The van der Waals surface area contributed by atoms with Crippen molar-refractivity contribution in [3.63, 3.8) is 0 Å². The highest BCUT2D eigenvalue weighted by molar-refractivity contribution is 6.42. The molecule has 2 atom stereocenters. The van der Waals surface area contributed by atoms with Gasteiger partial charge in [-0.1, -0.05) is 29.3 Å². The lowest BCUT2D eigenvalue weighted by Gasteiger charge is -2.38. The van der Waals surface area contributed by atoms with Crippen LogP contribution in [0.1, 0.15) is 44.1 Å². The van der Waals surface area contributed by atoms with Crippen LogP contribution in [0.3, 0.4) is 0 Å². The Morgan fingerprint density at radius 2 is 1.92 bits per heavy atom. The standard InChI is InChI=1S/C20H26Cl2N2O2/c1-23(20(26)12-14-7-8-16(21)17(22)11-14)19-13-15(25)5-4-6-18(19)24-9-2-3-10-24/h7-8,11,18-19H,2-6,9-10,12-13H2,1H3. The molecule has 1 saturated carbocycles. The second-order valence-corrected chi connectivity index (χ2v) is 8.26. The molecule has 1 heterocycles. The summed E-state index contributed by atoms with van der Waals surface area (Å²) in [6.45, 7) is 2.15. The Hall–Kier alpha value is -1.10. The number of carbonyl (C=O) groups excluding carboxylic acids is 2. The summed E-state index contributed by atoms with van der Waals surface area (Å²) in [5.41, 5.74) is 0.842. The van der Waals surface area contributed by atoms with Crippen LogP contribution in [-0.2, 0) is 16.0 Å². The quantitative estimate of drug-likeness (QED) is 0.722. The number of halogens is 2. The van der Waals surface area contributed by atoms with Crippen LogP contribution < -0.4 is 0 Å². The number of ketones is 1. The molecule has 0 bridgehead atoms. The summed E-state index contributed by atoms with van der Waals surface area (Å²) in [6, 6.07) is 5.53. The molecule has 0 N–H and O–H groups in total. The molecule has 1 aliphatic carbocycles. The lowest BCUT2D eigenvalue weighted by Crippen LogP contribution is -2.52. The third-order valence-corrected chi connectivity index (χ3v) is 6.42. The summed E-state index contributed by atoms with van der Waals surface area (Å²) in [5, 5.41) is 0.943. The van der Waals surface area contributed by atoms with Gasteiger partial charge in [-0.15, -0.1) is 0 Å². The summed E-state index contributed by atoms with van der Waals surface area (Å²) in [5.74, 6) is 0.290. The van der Waals surface area contributed by atoms with E-state index in [1.807, 2.05) is 13.1 Å². The molecule has 1 saturated heterocycles. The average molecular weight is 397 g/mol. The van der Waals surface area contributed by atoms with Crippen molar-refractivity contribution in [3.8, 4) is 0 Å². The molecule has 1 aliphatic heterocycles. The van der Waals surface area contributed by atoms with Crippen molar-refractivity contribution in [2.45, 2.75) is 57.0 Å². The summed E-state index contributed by atoms with van der Waals surface area (Å²) in [7, 11) is 1.84. The number of likely N-dealkylation sites (tertiary alicyclic amines) is 1. The van der Waals surface area contributed by atoms with Crippen LogP contribution in [-0.4, -0.2) is 53.7 Å². The monoisotopic (exact) mass is 396 g/mol. The van der Waals surface area contributed by atoms with Crippen LogP contribution in [0.15, 0.2) is 18.2 Å². The number of Topliss-reactive ketones (excluding diaryl/α,β-unsaturated/α-hetero) is 1. The van der Waals surface area contributed by atoms with E-state index < -0.39 is 0 Å². The smallest absolute Gasteiger partial charge is 0.227 e. The van der Waals surface area contributed by atoms with Gasteiger partial charge in [-0.05, 0) is 56.5 Å². The molecular weight excluding hydrogens is 371 g/mol. The molecule has 3 rings (SSSR count). The van der Waals surface area contributed by atoms with Gasteiger partial charge in [0.05, 0.1) is 22.5 Å². The minimum absolute atomic E-state index is 0.0206. The first-order valence-corrected chi connectivity index (χ1v) is 10.2. The zero-order valence-corrected chi connectivity index (χ0v) is 16.7. The third-order valence-electron chi connectivity index (χ3n) is 5.68. The van der Waals surface area contributed by atoms with E-state index in [2.05, 4.69) is 4.90 Å². The first kappa shape index (κ1) is 19.7. The van der Waals surface area contributed by atoms with Gasteiger partial charge in [-0.3, -0.25) is 14.5 Å². The largest absolute Gasteiger partial charge is 0.340 e. The second kappa shape index (κ2) is 8.73. The zero-order valence-electron chi connectivity index (χ0n) is 15.2. The molecule has 1 aromatic carbocycles. The lowest BCUT2D eigenvalue weighted by atomic mass is 9.99. The van der Waals surface area contributed by atoms with Crippen molar-refractivity contribution in [2.75, 3.05) is 20.1 Å². The van der Waals surface area contributed by atoms with Gasteiger partial charge in [0.15, 0.2) is 0 Å². The molecule has 0 spiro atoms. The molecule has 2 aliphatic rings. The minimum Gasteiger partial charge on any atom is -0.340 e. The van der Waals surface area contributed by atoms with Gasteiger partial charge in [0.2, 0.25) is 5.91 Å². The number of likely N-dealkylation sites (N-methyl/N-ethyl adjacent to an activating group) is 1. The molecule has 142 valence electrons. The zero-order chi connectivity index (χ0) is 18.7. The van der Waals surface area contributed by atoms with Gasteiger partial charge in [0.1, 0.15) is 5.78 Å². The fourth-order valence-electron chi connectivity index (χ4n) is 4.20. The van der Waals surface area contributed by atoms with Gasteiger partial charge in [0.25, 0.3) is 0 Å². The highest BCUT2D eigenvalue weighted by Crippen LogP contribution is 2.28. The summed E-state index contributed by atoms with van der Waals surface area (Å²) in [4.78, 5) is 29.4. The molecular formula is C20H26Cl2N2O2. The van der Waals surface area contributed by atoms with Crippen molar-refractivity contribution in [1.82, 2.24) is 9.80 Å². The van der Waals surface area contributed by atoms with Gasteiger partial charge in [-0.2, -0.15) is 0 Å². The SMILES string of the molecule is CN(C(=O)Cc1ccc(Cl)c(Cl)c1)C1CC(=O)CCCC1N1CCCC1. The molecule has 1 amide bonds. The highest BCUT2D eigenvalue weighted by Gasteiger charge is 2.36. The van der Waals surface area contributed by atoms with Crippen LogP contribution >= 0.6 is 23.2 Å². The minimum atomic E-state index is -0.0432. The topological polar surface area (TPSA) is 40.6 Å². The van der Waals surface area contributed by atoms with Crippen molar-refractivity contribution in [1.29, 1.82) is 0 Å². The van der Waals surface area contributed by atoms with Crippen molar-refractivity contribution in [3.05, 3.63) is 33.8 Å². The highest BCUT2D eigenvalue weighted by atomic mass is 35.5. The fraction of sp³-hybridized carbons (Fsp3) is 0.600. The van der Waals surface area contributed by atoms with E-state index >= 15 is 0 Å². The second-order valence-electron chi connectivity index (χ2n) is 7.44. The first-order chi connectivity index (χ1) is 12.5. The number of benzene rings is 1. The molecule has 2 fully saturated rings. The van der Waals surface area contributed by atoms with Gasteiger partial charge in [0, 0.05) is 25.9 Å². The molecule has 4 nitrogen and oxygen atoms in total. The average Bonchev–Trinajstić information content (AvgIpc) is 3.07. The van der Waals surface area contributed by atoms with Crippen molar-refractivity contribution in [2.24, 2.45) is 0 Å². The Labute approximate surface area is 165 Å². The molecule has 1 aromatic rings. The van der Waals surface area contributed by atoms with Gasteiger partial charge >= 0.3 is 0 Å². The van der Waals surface area contributed by atoms with Crippen LogP contribution in [0.5, 0.6) is 0 Å². The molecule has 0 aromatic heterocycles. The Kier molecular flexibility index (Phi) is 6.60. The summed E-state index contributed by atoms with van der Waals surface area (Å²) < 4.78 is 0. The van der Waals surface area contributed by atoms with E-state index in [4.69, 9.17) is 23.2 Å². The molecule has 6 heteroatoms. The molecule has 0 radical (unpaired) electrons. The van der Waals surface area contributed by atoms with Gasteiger partial charge in [-0.25, -0.2) is 0 Å². The van der Waals surface area contributed by atoms with E-state index in [0.29, 0.717) is 22.9 Å². The summed E-state index contributed by atoms with van der Waals surface area (Å²) >= 11 is 12.0. The predicted molar refractivity (Wildman–Crippen MR) is 105 cm³/mol. The molecule has 26 heavy (non-hydrogen) atoms. The maximum Gasteiger partial charge on any atom is 0.227 e. The van der Waals surface area contributed by atoms with E-state index in [1.54, 1.807) is 17.0 Å². The van der Waals surface area contributed by atoms with Crippen molar-refractivity contribution >= 4 is 34.9 Å². The maximum absolute atomic E-state index is 12.9. The van der Waals surface area contributed by atoms with Gasteiger partial charge < -0.3 is 4.90 Å². The number of hydrogen-bond donors (Lipinski definition) is 0. The van der Waals surface area contributed by atoms with E-state index in [1.165, 1.54) is 12.8 Å². The van der Waals surface area contributed by atoms with Crippen LogP contribution in [0, 0.1) is 0 Å². The predicted octanol–water partition coefficient (Wildman–Crippen LogP) is 3.97.